The lowest BCUT2D eigenvalue weighted by atomic mass is 10.1. The van der Waals surface area contributed by atoms with Crippen LogP contribution in [-0.4, -0.2) is 74.9 Å². The molecule has 0 rings (SSSR count). The second kappa shape index (κ2) is 31.7. The number of esters is 2. The van der Waals surface area contributed by atoms with E-state index in [1.807, 2.05) is 21.1 Å². The fourth-order valence-electron chi connectivity index (χ4n) is 5.17. The van der Waals surface area contributed by atoms with Crippen LogP contribution in [0, 0.1) is 0 Å². The summed E-state index contributed by atoms with van der Waals surface area (Å²) in [4.78, 5) is 35.1. The van der Waals surface area contributed by atoms with E-state index >= 15 is 0 Å². The molecule has 0 amide bonds. The van der Waals surface area contributed by atoms with Gasteiger partial charge in [-0.15, -0.1) is 0 Å². The van der Waals surface area contributed by atoms with Crippen molar-refractivity contribution in [3.63, 3.8) is 0 Å². The molecule has 0 aromatic rings. The second-order valence-corrected chi connectivity index (χ2v) is 15.8. The van der Waals surface area contributed by atoms with Crippen molar-refractivity contribution in [2.45, 2.75) is 174 Å². The van der Waals surface area contributed by atoms with E-state index in [9.17, 15) is 19.0 Å². The molecule has 1 unspecified atom stereocenters. The number of allylic oxidation sites excluding steroid dienone is 2. The Labute approximate surface area is 295 Å². The average molecular weight is 705 g/mol. The van der Waals surface area contributed by atoms with Gasteiger partial charge in [0.2, 0.25) is 0 Å². The molecule has 0 saturated carbocycles. The molecule has 48 heavy (non-hydrogen) atoms. The van der Waals surface area contributed by atoms with E-state index in [0.29, 0.717) is 23.9 Å². The summed E-state index contributed by atoms with van der Waals surface area (Å²) in [5, 5.41) is 0. The molecule has 0 aliphatic rings. The van der Waals surface area contributed by atoms with E-state index in [-0.39, 0.29) is 25.6 Å². The molecule has 1 N–H and O–H groups in total. The van der Waals surface area contributed by atoms with Gasteiger partial charge in [-0.2, -0.15) is 0 Å². The first-order valence-corrected chi connectivity index (χ1v) is 20.9. The largest absolute Gasteiger partial charge is 0.472 e. The van der Waals surface area contributed by atoms with Crippen LogP contribution in [-0.2, 0) is 32.7 Å². The van der Waals surface area contributed by atoms with Gasteiger partial charge in [0.05, 0.1) is 27.7 Å². The van der Waals surface area contributed by atoms with Gasteiger partial charge in [-0.3, -0.25) is 18.6 Å². The Hall–Kier alpha value is -1.25. The molecule has 10 heteroatoms. The van der Waals surface area contributed by atoms with E-state index in [1.165, 1.54) is 103 Å². The van der Waals surface area contributed by atoms with Gasteiger partial charge >= 0.3 is 19.8 Å². The van der Waals surface area contributed by atoms with Gasteiger partial charge in [0.25, 0.3) is 0 Å². The second-order valence-electron chi connectivity index (χ2n) is 14.3. The first kappa shape index (κ1) is 46.8. The number of carbonyl (C=O) groups excluding carboxylic acids is 2. The quantitative estimate of drug-likeness (QED) is 0.0228. The van der Waals surface area contributed by atoms with Crippen LogP contribution in [0.4, 0.5) is 0 Å². The third kappa shape index (κ3) is 34.6. The topological polar surface area (TPSA) is 108 Å². The zero-order valence-corrected chi connectivity index (χ0v) is 32.6. The summed E-state index contributed by atoms with van der Waals surface area (Å²) in [6.45, 7) is 4.36. The minimum absolute atomic E-state index is 0.0341. The first-order valence-electron chi connectivity index (χ1n) is 19.4. The third-order valence-electron chi connectivity index (χ3n) is 8.30. The smallest absolute Gasteiger partial charge is 0.462 e. The van der Waals surface area contributed by atoms with Gasteiger partial charge in [0.15, 0.2) is 6.10 Å². The number of phosphoric ester groups is 1. The highest BCUT2D eigenvalue weighted by molar-refractivity contribution is 7.47. The number of nitrogens with zero attached hydrogens (tertiary/aromatic N) is 1. The van der Waals surface area contributed by atoms with Crippen LogP contribution >= 0.6 is 7.82 Å². The van der Waals surface area contributed by atoms with Gasteiger partial charge in [-0.25, -0.2) is 4.57 Å². The standard InChI is InChI=1S/C38H74NO8P/c1-6-8-10-12-14-16-17-18-19-20-21-23-24-26-28-30-37(40)44-34-36(35-46-48(42,43)45-33-32-39(3,4)5)47-38(41)31-29-27-25-22-15-13-11-9-7-2/h12,14,36H,6-11,13,15-35H2,1-5H3/p+1/b14-12+/t36-/m0/s1. The molecule has 2 atom stereocenters. The number of likely N-dealkylation sites (N-methyl/N-ethyl adjacent to an activating group) is 1. The Balaban J connectivity index is 4.36. The van der Waals surface area contributed by atoms with Crippen LogP contribution in [0.15, 0.2) is 12.2 Å². The monoisotopic (exact) mass is 705 g/mol. The lowest BCUT2D eigenvalue weighted by molar-refractivity contribution is -0.870. The molecule has 0 aromatic carbocycles. The minimum atomic E-state index is -4.36. The summed E-state index contributed by atoms with van der Waals surface area (Å²) in [6, 6.07) is 0. The molecular weight excluding hydrogens is 629 g/mol. The molecule has 0 radical (unpaired) electrons. The molecule has 0 spiro atoms. The maximum atomic E-state index is 12.6. The summed E-state index contributed by atoms with van der Waals surface area (Å²) in [5.74, 6) is -0.800. The maximum absolute atomic E-state index is 12.6. The number of hydrogen-bond donors (Lipinski definition) is 1. The van der Waals surface area contributed by atoms with E-state index in [2.05, 4.69) is 26.0 Å². The Bertz CT molecular complexity index is 845. The molecule has 0 aliphatic carbocycles. The summed E-state index contributed by atoms with van der Waals surface area (Å²) < 4.78 is 34.1. The molecular formula is C38H75NO8P+. The van der Waals surface area contributed by atoms with Crippen molar-refractivity contribution in [3.05, 3.63) is 12.2 Å². The molecule has 9 nitrogen and oxygen atoms in total. The lowest BCUT2D eigenvalue weighted by Crippen LogP contribution is -2.37. The number of ether oxygens (including phenoxy) is 2. The number of carbonyl (C=O) groups is 2. The highest BCUT2D eigenvalue weighted by Crippen LogP contribution is 2.43. The highest BCUT2D eigenvalue weighted by Gasteiger charge is 2.27. The van der Waals surface area contributed by atoms with Crippen molar-refractivity contribution >= 4 is 19.8 Å². The Kier molecular flexibility index (Phi) is 30.9. The maximum Gasteiger partial charge on any atom is 0.472 e. The van der Waals surface area contributed by atoms with Crippen LogP contribution in [0.3, 0.4) is 0 Å². The SMILES string of the molecule is CCCC/C=C/CCCCCCCCCCCC(=O)OC[C@@H](COP(=O)(O)OCC[N+](C)(C)C)OC(=O)CCCCCCCCCCC. The number of phosphoric acid groups is 1. The average Bonchev–Trinajstić information content (AvgIpc) is 3.02. The summed E-state index contributed by atoms with van der Waals surface area (Å²) in [6.07, 6.45) is 29.7. The molecule has 0 aliphatic heterocycles. The van der Waals surface area contributed by atoms with Crippen molar-refractivity contribution in [1.82, 2.24) is 0 Å². The van der Waals surface area contributed by atoms with E-state index < -0.39 is 26.5 Å². The molecule has 0 aromatic heterocycles. The third-order valence-corrected chi connectivity index (χ3v) is 9.28. The molecule has 0 fully saturated rings. The minimum Gasteiger partial charge on any atom is -0.462 e. The van der Waals surface area contributed by atoms with Gasteiger partial charge in [-0.05, 0) is 32.1 Å². The predicted molar refractivity (Wildman–Crippen MR) is 197 cm³/mol. The van der Waals surface area contributed by atoms with E-state index in [0.717, 1.165) is 32.1 Å². The fourth-order valence-corrected chi connectivity index (χ4v) is 5.91. The molecule has 0 heterocycles. The first-order chi connectivity index (χ1) is 23.0. The number of hydrogen-bond acceptors (Lipinski definition) is 7. The molecule has 0 saturated heterocycles. The van der Waals surface area contributed by atoms with Crippen molar-refractivity contribution in [2.24, 2.45) is 0 Å². The van der Waals surface area contributed by atoms with Crippen LogP contribution < -0.4 is 0 Å². The summed E-state index contributed by atoms with van der Waals surface area (Å²) in [5.41, 5.74) is 0. The van der Waals surface area contributed by atoms with Gasteiger partial charge in [0.1, 0.15) is 19.8 Å². The van der Waals surface area contributed by atoms with E-state index in [4.69, 9.17) is 18.5 Å². The normalized spacial score (nSPS) is 13.9. The Morgan fingerprint density at radius 2 is 1.08 bits per heavy atom. The molecule has 0 bridgehead atoms. The van der Waals surface area contributed by atoms with Crippen LogP contribution in [0.1, 0.15) is 168 Å². The predicted octanol–water partition coefficient (Wildman–Crippen LogP) is 10.2. The zero-order chi connectivity index (χ0) is 35.8. The van der Waals surface area contributed by atoms with Crippen LogP contribution in [0.2, 0.25) is 0 Å². The Morgan fingerprint density at radius 1 is 0.625 bits per heavy atom. The molecule has 284 valence electrons. The van der Waals surface area contributed by atoms with Crippen LogP contribution in [0.5, 0.6) is 0 Å². The summed E-state index contributed by atoms with van der Waals surface area (Å²) >= 11 is 0. The number of quaternary nitrogens is 1. The van der Waals surface area contributed by atoms with Gasteiger partial charge in [0, 0.05) is 12.8 Å². The van der Waals surface area contributed by atoms with Crippen molar-refractivity contribution in [2.75, 3.05) is 47.5 Å². The van der Waals surface area contributed by atoms with Crippen molar-refractivity contribution < 1.29 is 42.1 Å². The van der Waals surface area contributed by atoms with Gasteiger partial charge < -0.3 is 18.9 Å². The van der Waals surface area contributed by atoms with Crippen LogP contribution in [0.25, 0.3) is 0 Å². The lowest BCUT2D eigenvalue weighted by Gasteiger charge is -2.24. The summed E-state index contributed by atoms with van der Waals surface area (Å²) in [7, 11) is 1.48. The van der Waals surface area contributed by atoms with Crippen molar-refractivity contribution in [1.29, 1.82) is 0 Å². The van der Waals surface area contributed by atoms with Gasteiger partial charge in [-0.1, -0.05) is 135 Å². The van der Waals surface area contributed by atoms with Crippen molar-refractivity contribution in [3.8, 4) is 0 Å². The highest BCUT2D eigenvalue weighted by atomic mass is 31.2. The fraction of sp³-hybridized carbons (Fsp3) is 0.895. The number of rotatable bonds is 35. The zero-order valence-electron chi connectivity index (χ0n) is 31.7. The van der Waals surface area contributed by atoms with E-state index in [1.54, 1.807) is 0 Å². The number of unbranched alkanes of at least 4 members (excludes halogenated alkanes) is 19. The Morgan fingerprint density at radius 3 is 1.60 bits per heavy atom.